The molecule has 0 bridgehead atoms. The maximum Gasteiger partial charge on any atom is 0.352 e. The highest BCUT2D eigenvalue weighted by molar-refractivity contribution is 5.92. The number of hydrogen-bond acceptors (Lipinski definition) is 4. The number of rotatable bonds is 4. The van der Waals surface area contributed by atoms with Gasteiger partial charge in [-0.2, -0.15) is 9.78 Å². The Hall–Kier alpha value is -2.70. The van der Waals surface area contributed by atoms with Gasteiger partial charge in [-0.25, -0.2) is 4.79 Å². The van der Waals surface area contributed by atoms with Gasteiger partial charge in [-0.15, -0.1) is 0 Å². The van der Waals surface area contributed by atoms with E-state index in [1.807, 2.05) is 6.07 Å². The van der Waals surface area contributed by atoms with Crippen LogP contribution in [-0.4, -0.2) is 26.3 Å². The van der Waals surface area contributed by atoms with Crippen molar-refractivity contribution in [2.75, 3.05) is 0 Å². The molecule has 7 nitrogen and oxygen atoms in total. The van der Waals surface area contributed by atoms with E-state index in [1.54, 1.807) is 31.2 Å². The van der Waals surface area contributed by atoms with Crippen molar-refractivity contribution < 1.29 is 4.79 Å². The van der Waals surface area contributed by atoms with Crippen molar-refractivity contribution in [2.45, 2.75) is 32.4 Å². The normalized spacial score (nSPS) is 13.9. The Morgan fingerprint density at radius 2 is 1.95 bits per heavy atom. The van der Waals surface area contributed by atoms with Crippen LogP contribution in [0.5, 0.6) is 0 Å². The number of para-hydroxylation sites is 1. The first kappa shape index (κ1) is 14.2. The molecule has 0 spiro atoms. The number of nitrogens with zero attached hydrogens (tertiary/aromatic N) is 3. The fourth-order valence-electron chi connectivity index (χ4n) is 2.15. The second kappa shape index (κ2) is 5.59. The van der Waals surface area contributed by atoms with Crippen LogP contribution in [0.1, 0.15) is 30.3 Å². The van der Waals surface area contributed by atoms with Gasteiger partial charge in [0, 0.05) is 12.6 Å². The Kier molecular flexibility index (Phi) is 3.62. The molecule has 7 heteroatoms. The summed E-state index contributed by atoms with van der Waals surface area (Å²) in [7, 11) is 0. The Bertz CT molecular complexity index is 819. The van der Waals surface area contributed by atoms with Crippen LogP contribution in [0.2, 0.25) is 0 Å². The number of aromatic nitrogens is 3. The van der Waals surface area contributed by atoms with Gasteiger partial charge in [0.05, 0.1) is 5.69 Å². The maximum atomic E-state index is 12.4. The molecule has 0 radical (unpaired) electrons. The lowest BCUT2D eigenvalue weighted by Gasteiger charge is -2.10. The minimum atomic E-state index is -0.655. The van der Waals surface area contributed by atoms with E-state index in [2.05, 4.69) is 10.4 Å². The van der Waals surface area contributed by atoms with Gasteiger partial charge in [0.15, 0.2) is 0 Å². The van der Waals surface area contributed by atoms with E-state index in [1.165, 1.54) is 0 Å². The molecule has 22 heavy (non-hydrogen) atoms. The number of nitrogens with one attached hydrogen (secondary N) is 1. The van der Waals surface area contributed by atoms with Crippen molar-refractivity contribution in [3.05, 3.63) is 56.9 Å². The first-order valence-electron chi connectivity index (χ1n) is 7.22. The Labute approximate surface area is 126 Å². The first-order chi connectivity index (χ1) is 10.6. The van der Waals surface area contributed by atoms with Crippen molar-refractivity contribution >= 4 is 5.91 Å². The molecule has 1 amide bonds. The first-order valence-corrected chi connectivity index (χ1v) is 7.22. The van der Waals surface area contributed by atoms with Crippen LogP contribution < -0.4 is 16.6 Å². The van der Waals surface area contributed by atoms with Gasteiger partial charge in [-0.05, 0) is 31.9 Å². The average molecular weight is 300 g/mol. The molecule has 114 valence electrons. The van der Waals surface area contributed by atoms with Gasteiger partial charge in [-0.1, -0.05) is 18.2 Å². The monoisotopic (exact) mass is 300 g/mol. The predicted octanol–water partition coefficient (Wildman–Crippen LogP) is 0.306. The summed E-state index contributed by atoms with van der Waals surface area (Å²) in [6.07, 6.45) is 1.82. The summed E-state index contributed by atoms with van der Waals surface area (Å²) >= 11 is 0. The van der Waals surface area contributed by atoms with Crippen molar-refractivity contribution in [3.8, 4) is 5.69 Å². The molecule has 1 aromatic carbocycles. The summed E-state index contributed by atoms with van der Waals surface area (Å²) in [5.74, 6) is -0.528. The molecule has 1 aliphatic carbocycles. The van der Waals surface area contributed by atoms with E-state index < -0.39 is 17.2 Å². The van der Waals surface area contributed by atoms with Crippen LogP contribution in [0.3, 0.4) is 0 Å². The van der Waals surface area contributed by atoms with E-state index >= 15 is 0 Å². The second-order valence-electron chi connectivity index (χ2n) is 5.18. The van der Waals surface area contributed by atoms with Crippen molar-refractivity contribution in [1.82, 2.24) is 19.7 Å². The van der Waals surface area contributed by atoms with Crippen LogP contribution in [0.4, 0.5) is 0 Å². The fraction of sp³-hybridized carbons (Fsp3) is 0.333. The van der Waals surface area contributed by atoms with Gasteiger partial charge in [0.1, 0.15) is 0 Å². The second-order valence-corrected chi connectivity index (χ2v) is 5.18. The molecular formula is C15H16N4O3. The number of hydrogen-bond donors (Lipinski definition) is 1. The Morgan fingerprint density at radius 3 is 2.55 bits per heavy atom. The maximum absolute atomic E-state index is 12.4. The molecule has 1 aliphatic rings. The van der Waals surface area contributed by atoms with E-state index in [9.17, 15) is 14.4 Å². The summed E-state index contributed by atoms with van der Waals surface area (Å²) in [6, 6.07) is 8.83. The van der Waals surface area contributed by atoms with Crippen LogP contribution in [0.25, 0.3) is 5.69 Å². The molecule has 3 rings (SSSR count). The zero-order valence-electron chi connectivity index (χ0n) is 12.2. The minimum absolute atomic E-state index is 0.112. The van der Waals surface area contributed by atoms with Crippen molar-refractivity contribution in [3.63, 3.8) is 0 Å². The van der Waals surface area contributed by atoms with Gasteiger partial charge in [-0.3, -0.25) is 14.2 Å². The fourth-order valence-corrected chi connectivity index (χ4v) is 2.15. The molecule has 0 saturated heterocycles. The number of carbonyl (C=O) groups is 1. The molecular weight excluding hydrogens is 284 g/mol. The summed E-state index contributed by atoms with van der Waals surface area (Å²) in [4.78, 5) is 36.8. The number of carbonyl (C=O) groups excluding carboxylic acids is 1. The lowest BCUT2D eigenvalue weighted by molar-refractivity contribution is 0.0941. The van der Waals surface area contributed by atoms with E-state index in [-0.39, 0.29) is 18.3 Å². The van der Waals surface area contributed by atoms with Gasteiger partial charge in [0.25, 0.3) is 11.5 Å². The Morgan fingerprint density at radius 1 is 1.27 bits per heavy atom. The third-order valence-corrected chi connectivity index (χ3v) is 3.50. The molecule has 0 atom stereocenters. The smallest absolute Gasteiger partial charge is 0.348 e. The molecule has 0 aliphatic heterocycles. The standard InChI is InChI=1S/C15H16N4O3/c1-2-18-14(21)12(13(20)16-10-8-9-10)17-19(15(18)22)11-6-4-3-5-7-11/h3-7,10H,2,8-9H2,1H3,(H,16,20). The molecule has 1 fully saturated rings. The van der Waals surface area contributed by atoms with Crippen LogP contribution >= 0.6 is 0 Å². The van der Waals surface area contributed by atoms with Gasteiger partial charge < -0.3 is 5.32 Å². The molecule has 1 saturated carbocycles. The summed E-state index contributed by atoms with van der Waals surface area (Å²) in [6.45, 7) is 1.86. The highest BCUT2D eigenvalue weighted by Crippen LogP contribution is 2.18. The summed E-state index contributed by atoms with van der Waals surface area (Å²) < 4.78 is 2.11. The highest BCUT2D eigenvalue weighted by Gasteiger charge is 2.27. The zero-order valence-corrected chi connectivity index (χ0v) is 12.2. The number of benzene rings is 1. The molecule has 1 heterocycles. The average Bonchev–Trinajstić information content (AvgIpc) is 3.32. The van der Waals surface area contributed by atoms with Crippen molar-refractivity contribution in [2.24, 2.45) is 0 Å². The van der Waals surface area contributed by atoms with E-state index in [0.717, 1.165) is 22.1 Å². The summed E-state index contributed by atoms with van der Waals surface area (Å²) in [5.41, 5.74) is -0.952. The van der Waals surface area contributed by atoms with Crippen LogP contribution in [0, 0.1) is 0 Å². The SMILES string of the molecule is CCn1c(=O)c(C(=O)NC2CC2)nn(-c2ccccc2)c1=O. The van der Waals surface area contributed by atoms with E-state index in [4.69, 9.17) is 0 Å². The van der Waals surface area contributed by atoms with E-state index in [0.29, 0.717) is 5.69 Å². The quantitative estimate of drug-likeness (QED) is 0.880. The van der Waals surface area contributed by atoms with Crippen LogP contribution in [0.15, 0.2) is 39.9 Å². The largest absolute Gasteiger partial charge is 0.352 e. The number of amides is 1. The van der Waals surface area contributed by atoms with Crippen molar-refractivity contribution in [1.29, 1.82) is 0 Å². The zero-order chi connectivity index (χ0) is 15.7. The molecule has 1 N–H and O–H groups in total. The Balaban J connectivity index is 2.16. The van der Waals surface area contributed by atoms with Crippen LogP contribution in [-0.2, 0) is 6.54 Å². The molecule has 1 aromatic heterocycles. The lowest BCUT2D eigenvalue weighted by atomic mass is 10.3. The molecule has 0 unspecified atom stereocenters. The third-order valence-electron chi connectivity index (χ3n) is 3.50. The van der Waals surface area contributed by atoms with Gasteiger partial charge in [0.2, 0.25) is 5.69 Å². The lowest BCUT2D eigenvalue weighted by Crippen LogP contribution is -2.45. The molecule has 2 aromatic rings. The summed E-state index contributed by atoms with van der Waals surface area (Å²) in [5, 5.41) is 6.72. The minimum Gasteiger partial charge on any atom is -0.348 e. The third kappa shape index (κ3) is 2.57. The highest BCUT2D eigenvalue weighted by atomic mass is 16.2. The topological polar surface area (TPSA) is 86.0 Å². The predicted molar refractivity (Wildman–Crippen MR) is 80.3 cm³/mol. The van der Waals surface area contributed by atoms with Gasteiger partial charge >= 0.3 is 5.69 Å².